The van der Waals surface area contributed by atoms with Crippen molar-refractivity contribution in [1.82, 2.24) is 0 Å². The zero-order valence-corrected chi connectivity index (χ0v) is 51.4. The monoisotopic (exact) mass is 1120 g/mol. The van der Waals surface area contributed by atoms with Crippen LogP contribution in [0.25, 0.3) is 0 Å². The molecule has 0 fully saturated rings. The average Bonchev–Trinajstić information content (AvgIpc) is 3.44. The fraction of sp³-hybridized carbons (Fsp3) is 0.542. The quantitative estimate of drug-likeness (QED) is 0.0211. The lowest BCUT2D eigenvalue weighted by Crippen LogP contribution is -2.40. The van der Waals surface area contributed by atoms with E-state index in [4.69, 9.17) is 18.9 Å². The van der Waals surface area contributed by atoms with Crippen molar-refractivity contribution < 1.29 is 42.9 Å². The van der Waals surface area contributed by atoms with E-state index in [2.05, 4.69) is 178 Å². The van der Waals surface area contributed by atoms with E-state index >= 15 is 0 Å². The second-order valence-corrected chi connectivity index (χ2v) is 20.9. The molecule has 9 heteroatoms. The van der Waals surface area contributed by atoms with Crippen molar-refractivity contribution in [2.75, 3.05) is 47.5 Å². The minimum atomic E-state index is -1.54. The van der Waals surface area contributed by atoms with Crippen LogP contribution in [-0.2, 0) is 33.3 Å². The first-order valence-electron chi connectivity index (χ1n) is 30.9. The van der Waals surface area contributed by atoms with Crippen LogP contribution < -0.4 is 0 Å². The number of esters is 2. The molecule has 2 atom stereocenters. The van der Waals surface area contributed by atoms with E-state index < -0.39 is 30.3 Å². The molecule has 0 aromatic heterocycles. The summed E-state index contributed by atoms with van der Waals surface area (Å²) in [6, 6.07) is 0. The molecule has 1 N–H and O–H groups in total. The number of allylic oxidation sites excluding steroid dienone is 29. The molecule has 0 saturated carbocycles. The molecule has 0 aromatic carbocycles. The lowest BCUT2D eigenvalue weighted by molar-refractivity contribution is -0.870. The number of carbonyl (C=O) groups is 3. The van der Waals surface area contributed by atoms with Crippen LogP contribution in [-0.4, -0.2) is 87.4 Å². The number of carboxylic acids is 1. The average molecular weight is 1120 g/mol. The van der Waals surface area contributed by atoms with E-state index in [9.17, 15) is 19.5 Å². The van der Waals surface area contributed by atoms with Gasteiger partial charge in [-0.05, 0) is 116 Å². The largest absolute Gasteiger partial charge is 0.477 e. The number of hydrogen-bond acceptors (Lipinski definition) is 7. The molecule has 452 valence electrons. The van der Waals surface area contributed by atoms with Crippen molar-refractivity contribution in [3.63, 3.8) is 0 Å². The molecule has 0 aliphatic heterocycles. The normalized spacial score (nSPS) is 14.0. The maximum atomic E-state index is 12.9. The van der Waals surface area contributed by atoms with Crippen molar-refractivity contribution in [1.29, 1.82) is 0 Å². The smallest absolute Gasteiger partial charge is 0.361 e. The molecule has 0 bridgehead atoms. The molecule has 0 heterocycles. The van der Waals surface area contributed by atoms with Gasteiger partial charge in [-0.2, -0.15) is 0 Å². The van der Waals surface area contributed by atoms with Crippen LogP contribution in [0.4, 0.5) is 0 Å². The van der Waals surface area contributed by atoms with Gasteiger partial charge in [0.15, 0.2) is 6.10 Å². The Morgan fingerprint density at radius 1 is 0.383 bits per heavy atom. The third-order valence-electron chi connectivity index (χ3n) is 12.2. The van der Waals surface area contributed by atoms with Gasteiger partial charge in [-0.3, -0.25) is 9.59 Å². The molecule has 0 aliphatic rings. The van der Waals surface area contributed by atoms with Crippen LogP contribution in [0, 0.1) is 0 Å². The highest BCUT2D eigenvalue weighted by Gasteiger charge is 2.25. The second-order valence-electron chi connectivity index (χ2n) is 20.9. The Kier molecular flexibility index (Phi) is 56.3. The molecule has 0 spiro atoms. The van der Waals surface area contributed by atoms with Gasteiger partial charge in [0, 0.05) is 6.42 Å². The molecule has 0 aliphatic carbocycles. The predicted molar refractivity (Wildman–Crippen MR) is 345 cm³/mol. The predicted octanol–water partition coefficient (Wildman–Crippen LogP) is 18.9. The fourth-order valence-corrected chi connectivity index (χ4v) is 7.52. The number of quaternary nitrogens is 1. The Labute approximate surface area is 494 Å². The molecule has 0 radical (unpaired) electrons. The summed E-state index contributed by atoms with van der Waals surface area (Å²) in [5, 5.41) is 9.69. The summed E-state index contributed by atoms with van der Waals surface area (Å²) in [5.74, 6) is -2.20. The van der Waals surface area contributed by atoms with Crippen LogP contribution in [0.5, 0.6) is 0 Å². The zero-order chi connectivity index (χ0) is 59.1. The van der Waals surface area contributed by atoms with Crippen LogP contribution in [0.15, 0.2) is 182 Å². The van der Waals surface area contributed by atoms with Gasteiger partial charge < -0.3 is 28.5 Å². The number of hydrogen-bond donors (Lipinski definition) is 1. The lowest BCUT2D eigenvalue weighted by Gasteiger charge is -2.25. The first-order chi connectivity index (χ1) is 39.6. The number of rotatable bonds is 54. The summed E-state index contributed by atoms with van der Waals surface area (Å²) >= 11 is 0. The van der Waals surface area contributed by atoms with Crippen LogP contribution in [0.3, 0.4) is 0 Å². The van der Waals surface area contributed by atoms with E-state index in [1.807, 2.05) is 33.3 Å². The lowest BCUT2D eigenvalue weighted by atomic mass is 10.0. The maximum Gasteiger partial charge on any atom is 0.361 e. The van der Waals surface area contributed by atoms with Gasteiger partial charge in [-0.15, -0.1) is 0 Å². The van der Waals surface area contributed by atoms with E-state index in [0.29, 0.717) is 23.9 Å². The highest BCUT2D eigenvalue weighted by atomic mass is 16.7. The van der Waals surface area contributed by atoms with Gasteiger partial charge in [0.05, 0.1) is 40.8 Å². The summed E-state index contributed by atoms with van der Waals surface area (Å²) in [6.07, 6.45) is 90.2. The number of ether oxygens (including phenoxy) is 4. The molecule has 0 amide bonds. The van der Waals surface area contributed by atoms with Crippen molar-refractivity contribution in [2.24, 2.45) is 0 Å². The third-order valence-corrected chi connectivity index (χ3v) is 12.2. The van der Waals surface area contributed by atoms with Crippen molar-refractivity contribution in [2.45, 2.75) is 206 Å². The molecule has 81 heavy (non-hydrogen) atoms. The first kappa shape index (κ1) is 75.4. The summed E-state index contributed by atoms with van der Waals surface area (Å²) in [6.45, 7) is 4.49. The van der Waals surface area contributed by atoms with Crippen LogP contribution >= 0.6 is 0 Å². The number of aliphatic carboxylic acids is 1. The van der Waals surface area contributed by atoms with Gasteiger partial charge in [0.25, 0.3) is 6.29 Å². The number of likely N-dealkylation sites (N-methyl/N-ethyl adjacent to an activating group) is 1. The Bertz CT molecular complexity index is 1980. The summed E-state index contributed by atoms with van der Waals surface area (Å²) in [4.78, 5) is 37.3. The van der Waals surface area contributed by atoms with E-state index in [1.165, 1.54) is 38.5 Å². The summed E-state index contributed by atoms with van der Waals surface area (Å²) in [5.41, 5.74) is 0. The molecule has 2 unspecified atom stereocenters. The maximum absolute atomic E-state index is 12.9. The number of carboxylic acid groups (broad SMARTS) is 1. The molecule has 0 aromatic rings. The van der Waals surface area contributed by atoms with Gasteiger partial charge >= 0.3 is 17.9 Å². The van der Waals surface area contributed by atoms with Gasteiger partial charge in [0.2, 0.25) is 0 Å². The third kappa shape index (κ3) is 61.9. The Morgan fingerprint density at radius 2 is 0.704 bits per heavy atom. The molecule has 0 rings (SSSR count). The van der Waals surface area contributed by atoms with E-state index in [1.54, 1.807) is 6.08 Å². The Hall–Kier alpha value is -5.61. The molecular formula is C72H112NO8+. The standard InChI is InChI=1S/C72H111NO8/c1-6-8-10-12-14-16-18-20-22-23-24-25-26-27-28-29-30-31-32-33-34-35-36-37-38-39-40-41-42-43-44-45-46-47-49-51-53-55-57-59-61-63-70(75)81-68(67-80-72(71(76)77)78-65-64-73(3,4)5)66-79-69(74)62-60-58-56-54-52-50-48-21-19-17-15-13-11-9-7-2/h8-11,14-17,20-22,24-25,27-28,30-31,33-34,36-37,39-40,42-43,48,52,54,58,60,68,72H,6-7,12-13,18-19,23,26,29,32,35,38,41,44-47,49-51,53,55-57,59,61-67H2,1-5H3/p+1/b10-8-,11-9-,16-14-,17-15-,22-20-,25-24-,28-27-,31-30-,34-33-,37-36-,40-39-,43-42-,48-21-,54-52-,60-58-. The zero-order valence-electron chi connectivity index (χ0n) is 51.4. The van der Waals surface area contributed by atoms with Crippen molar-refractivity contribution >= 4 is 17.9 Å². The minimum Gasteiger partial charge on any atom is -0.477 e. The molecular weight excluding hydrogens is 1010 g/mol. The van der Waals surface area contributed by atoms with Crippen LogP contribution in [0.2, 0.25) is 0 Å². The highest BCUT2D eigenvalue weighted by Crippen LogP contribution is 2.14. The van der Waals surface area contributed by atoms with E-state index in [0.717, 1.165) is 116 Å². The Morgan fingerprint density at radius 3 is 1.05 bits per heavy atom. The Balaban J connectivity index is 4.21. The van der Waals surface area contributed by atoms with Crippen LogP contribution in [0.1, 0.15) is 194 Å². The topological polar surface area (TPSA) is 108 Å². The van der Waals surface area contributed by atoms with E-state index in [-0.39, 0.29) is 32.7 Å². The van der Waals surface area contributed by atoms with Crippen molar-refractivity contribution in [3.05, 3.63) is 182 Å². The van der Waals surface area contributed by atoms with Gasteiger partial charge in [-0.25, -0.2) is 4.79 Å². The molecule has 0 saturated heterocycles. The number of carbonyl (C=O) groups excluding carboxylic acids is 2. The first-order valence-corrected chi connectivity index (χ1v) is 30.9. The minimum absolute atomic E-state index is 0.0595. The van der Waals surface area contributed by atoms with Gasteiger partial charge in [0.1, 0.15) is 13.2 Å². The number of unbranched alkanes of at least 4 members (excludes halogenated alkanes) is 10. The van der Waals surface area contributed by atoms with Crippen molar-refractivity contribution in [3.8, 4) is 0 Å². The SMILES string of the molecule is CC/C=C\C/C=C\C/C=C\C/C=C\C/C=C\C/C=C\C/C=C\C/C=C\C/C=C\C/C=C\CCCCCCCCCCCCC(=O)OC(COC(=O)C/C=C\C/C=C\C/C=C\C/C=C\C/C=C\CC)COC(OCC[N+](C)(C)C)C(=O)O. The fourth-order valence-electron chi connectivity index (χ4n) is 7.52. The number of nitrogens with zero attached hydrogens (tertiary/aromatic N) is 1. The summed E-state index contributed by atoms with van der Waals surface area (Å²) < 4.78 is 22.7. The van der Waals surface area contributed by atoms with Gasteiger partial charge in [-0.1, -0.05) is 247 Å². The molecule has 9 nitrogen and oxygen atoms in total. The highest BCUT2D eigenvalue weighted by molar-refractivity contribution is 5.72. The second kappa shape index (κ2) is 60.5. The summed E-state index contributed by atoms with van der Waals surface area (Å²) in [7, 11) is 5.92.